The van der Waals surface area contributed by atoms with E-state index in [-0.39, 0.29) is 28.5 Å². The minimum absolute atomic E-state index is 0.0514. The van der Waals surface area contributed by atoms with Crippen LogP contribution in [0.3, 0.4) is 0 Å². The lowest BCUT2D eigenvalue weighted by Crippen LogP contribution is -2.32. The van der Waals surface area contributed by atoms with E-state index >= 15 is 0 Å². The minimum Gasteiger partial charge on any atom is -0.337 e. The van der Waals surface area contributed by atoms with Gasteiger partial charge in [0.1, 0.15) is 5.82 Å². The Morgan fingerprint density at radius 2 is 2.24 bits per heavy atom. The first-order valence-electron chi connectivity index (χ1n) is 5.49. The number of nitrogens with zero attached hydrogens (tertiary/aromatic N) is 1. The molecule has 17 heavy (non-hydrogen) atoms. The van der Waals surface area contributed by atoms with Crippen molar-refractivity contribution in [3.63, 3.8) is 0 Å². The molecule has 1 aliphatic rings. The average molecular weight is 257 g/mol. The third-order valence-corrected chi connectivity index (χ3v) is 3.45. The number of amides is 1. The van der Waals surface area contributed by atoms with Gasteiger partial charge in [-0.2, -0.15) is 0 Å². The number of nitrogens with two attached hydrogens (primary N) is 1. The normalized spacial score (nSPS) is 24.1. The molecule has 2 unspecified atom stereocenters. The lowest BCUT2D eigenvalue weighted by Gasteiger charge is -2.17. The van der Waals surface area contributed by atoms with E-state index in [1.807, 2.05) is 6.92 Å². The molecule has 0 bridgehead atoms. The number of benzene rings is 1. The first kappa shape index (κ1) is 12.3. The van der Waals surface area contributed by atoms with Crippen molar-refractivity contribution in [1.29, 1.82) is 0 Å². The molecule has 2 N–H and O–H groups in total. The van der Waals surface area contributed by atoms with E-state index in [1.165, 1.54) is 18.2 Å². The molecule has 1 aliphatic heterocycles. The molecule has 1 aromatic rings. The number of carbonyl (C=O) groups is 1. The molecule has 1 aromatic carbocycles. The summed E-state index contributed by atoms with van der Waals surface area (Å²) in [6.45, 7) is 2.97. The molecule has 92 valence electrons. The number of carbonyl (C=O) groups excluding carboxylic acids is 1. The second kappa shape index (κ2) is 4.63. The second-order valence-corrected chi connectivity index (χ2v) is 4.86. The number of halogens is 2. The second-order valence-electron chi connectivity index (χ2n) is 4.45. The van der Waals surface area contributed by atoms with Gasteiger partial charge in [0.15, 0.2) is 0 Å². The topological polar surface area (TPSA) is 46.3 Å². The lowest BCUT2D eigenvalue weighted by atomic mass is 10.1. The van der Waals surface area contributed by atoms with E-state index in [0.29, 0.717) is 13.1 Å². The molecule has 2 atom stereocenters. The Kier molecular flexibility index (Phi) is 3.35. The van der Waals surface area contributed by atoms with Crippen LogP contribution >= 0.6 is 11.6 Å². The maximum atomic E-state index is 13.6. The molecule has 1 amide bonds. The van der Waals surface area contributed by atoms with Gasteiger partial charge in [-0.1, -0.05) is 24.6 Å². The van der Waals surface area contributed by atoms with Crippen molar-refractivity contribution in [2.24, 2.45) is 11.7 Å². The van der Waals surface area contributed by atoms with Gasteiger partial charge in [0.05, 0.1) is 10.6 Å². The predicted octanol–water partition coefficient (Wildman–Crippen LogP) is 1.90. The van der Waals surface area contributed by atoms with E-state index in [2.05, 4.69) is 0 Å². The van der Waals surface area contributed by atoms with Crippen LogP contribution in [-0.4, -0.2) is 29.9 Å². The lowest BCUT2D eigenvalue weighted by molar-refractivity contribution is 0.0782. The summed E-state index contributed by atoms with van der Waals surface area (Å²) in [5, 5.41) is 0.142. The predicted molar refractivity (Wildman–Crippen MR) is 64.5 cm³/mol. The van der Waals surface area contributed by atoms with Crippen molar-refractivity contribution in [1.82, 2.24) is 4.90 Å². The van der Waals surface area contributed by atoms with Gasteiger partial charge >= 0.3 is 0 Å². The van der Waals surface area contributed by atoms with Gasteiger partial charge in [-0.25, -0.2) is 4.39 Å². The highest BCUT2D eigenvalue weighted by Crippen LogP contribution is 2.24. The van der Waals surface area contributed by atoms with E-state index in [9.17, 15) is 9.18 Å². The molecule has 0 radical (unpaired) electrons. The van der Waals surface area contributed by atoms with Gasteiger partial charge in [-0.15, -0.1) is 0 Å². The summed E-state index contributed by atoms with van der Waals surface area (Å²) in [7, 11) is 0. The van der Waals surface area contributed by atoms with E-state index < -0.39 is 5.82 Å². The van der Waals surface area contributed by atoms with Crippen LogP contribution in [0.25, 0.3) is 0 Å². The van der Waals surface area contributed by atoms with Crippen LogP contribution in [-0.2, 0) is 0 Å². The van der Waals surface area contributed by atoms with Crippen LogP contribution < -0.4 is 5.73 Å². The van der Waals surface area contributed by atoms with Crippen LogP contribution in [0.15, 0.2) is 18.2 Å². The Morgan fingerprint density at radius 1 is 1.53 bits per heavy atom. The number of hydrogen-bond acceptors (Lipinski definition) is 2. The average Bonchev–Trinajstić information content (AvgIpc) is 2.59. The van der Waals surface area contributed by atoms with Gasteiger partial charge in [0, 0.05) is 19.1 Å². The van der Waals surface area contributed by atoms with Crippen LogP contribution in [0, 0.1) is 11.7 Å². The van der Waals surface area contributed by atoms with Crippen molar-refractivity contribution in [3.8, 4) is 0 Å². The standard InChI is InChI=1S/C12H14ClFN2O/c1-7-5-16(6-10(7)15)12(17)11-8(13)3-2-4-9(11)14/h2-4,7,10H,5-6,15H2,1H3. The summed E-state index contributed by atoms with van der Waals surface area (Å²) in [6.07, 6.45) is 0. The monoisotopic (exact) mass is 256 g/mol. The Labute approximate surface area is 104 Å². The summed E-state index contributed by atoms with van der Waals surface area (Å²) in [5.41, 5.74) is 5.78. The van der Waals surface area contributed by atoms with Crippen molar-refractivity contribution in [2.75, 3.05) is 13.1 Å². The quantitative estimate of drug-likeness (QED) is 0.834. The van der Waals surface area contributed by atoms with E-state index in [0.717, 1.165) is 0 Å². The summed E-state index contributed by atoms with van der Waals surface area (Å²) in [5.74, 6) is -0.743. The zero-order valence-corrected chi connectivity index (χ0v) is 10.2. The van der Waals surface area contributed by atoms with Crippen LogP contribution in [0.4, 0.5) is 4.39 Å². The molecule has 3 nitrogen and oxygen atoms in total. The van der Waals surface area contributed by atoms with Crippen LogP contribution in [0.2, 0.25) is 5.02 Å². The molecule has 0 saturated carbocycles. The van der Waals surface area contributed by atoms with E-state index in [4.69, 9.17) is 17.3 Å². The van der Waals surface area contributed by atoms with Gasteiger partial charge in [-0.05, 0) is 18.1 Å². The first-order chi connectivity index (χ1) is 8.00. The highest BCUT2D eigenvalue weighted by Gasteiger charge is 2.32. The molecule has 0 aromatic heterocycles. The molecule has 1 saturated heterocycles. The summed E-state index contributed by atoms with van der Waals surface area (Å²) < 4.78 is 13.6. The fourth-order valence-electron chi connectivity index (χ4n) is 2.02. The largest absolute Gasteiger partial charge is 0.337 e. The first-order valence-corrected chi connectivity index (χ1v) is 5.87. The highest BCUT2D eigenvalue weighted by molar-refractivity contribution is 6.33. The summed E-state index contributed by atoms with van der Waals surface area (Å²) >= 11 is 5.86. The molecule has 0 spiro atoms. The van der Waals surface area contributed by atoms with Crippen molar-refractivity contribution >= 4 is 17.5 Å². The van der Waals surface area contributed by atoms with Gasteiger partial charge in [-0.3, -0.25) is 4.79 Å². The fraction of sp³-hybridized carbons (Fsp3) is 0.417. The van der Waals surface area contributed by atoms with Crippen molar-refractivity contribution < 1.29 is 9.18 Å². The van der Waals surface area contributed by atoms with Crippen molar-refractivity contribution in [3.05, 3.63) is 34.6 Å². The fourth-order valence-corrected chi connectivity index (χ4v) is 2.26. The Balaban J connectivity index is 2.27. The van der Waals surface area contributed by atoms with Gasteiger partial charge in [0.2, 0.25) is 0 Å². The summed E-state index contributed by atoms with van der Waals surface area (Å²) in [4.78, 5) is 13.7. The van der Waals surface area contributed by atoms with E-state index in [1.54, 1.807) is 4.90 Å². The minimum atomic E-state index is -0.587. The van der Waals surface area contributed by atoms with Crippen molar-refractivity contribution in [2.45, 2.75) is 13.0 Å². The van der Waals surface area contributed by atoms with Gasteiger partial charge in [0.25, 0.3) is 5.91 Å². The molecule has 5 heteroatoms. The third kappa shape index (κ3) is 2.28. The maximum Gasteiger partial charge on any atom is 0.258 e. The smallest absolute Gasteiger partial charge is 0.258 e. The summed E-state index contributed by atoms with van der Waals surface area (Å²) in [6, 6.07) is 4.17. The zero-order valence-electron chi connectivity index (χ0n) is 9.49. The Bertz CT molecular complexity index is 422. The Hall–Kier alpha value is -1.13. The van der Waals surface area contributed by atoms with Crippen LogP contribution in [0.1, 0.15) is 17.3 Å². The van der Waals surface area contributed by atoms with Gasteiger partial charge < -0.3 is 10.6 Å². The Morgan fingerprint density at radius 3 is 2.76 bits per heavy atom. The molecule has 2 rings (SSSR count). The number of rotatable bonds is 1. The molecule has 0 aliphatic carbocycles. The maximum absolute atomic E-state index is 13.6. The molecular weight excluding hydrogens is 243 g/mol. The van der Waals surface area contributed by atoms with Crippen LogP contribution in [0.5, 0.6) is 0 Å². The highest BCUT2D eigenvalue weighted by atomic mass is 35.5. The number of hydrogen-bond donors (Lipinski definition) is 1. The zero-order chi connectivity index (χ0) is 12.6. The molecular formula is C12H14ClFN2O. The molecule has 1 fully saturated rings. The SMILES string of the molecule is CC1CN(C(=O)c2c(F)cccc2Cl)CC1N. The molecule has 1 heterocycles. The number of likely N-dealkylation sites (tertiary alicyclic amines) is 1. The third-order valence-electron chi connectivity index (χ3n) is 3.13.